The summed E-state index contributed by atoms with van der Waals surface area (Å²) in [6, 6.07) is 7.65. The van der Waals surface area contributed by atoms with E-state index in [-0.39, 0.29) is 5.78 Å². The number of hydrogen-bond acceptors (Lipinski definition) is 1. The van der Waals surface area contributed by atoms with Crippen LogP contribution in [0.4, 0.5) is 0 Å². The van der Waals surface area contributed by atoms with Gasteiger partial charge in [-0.25, -0.2) is 0 Å². The monoisotopic (exact) mass is 157 g/mol. The summed E-state index contributed by atoms with van der Waals surface area (Å²) in [5.41, 5.74) is 2.65. The largest absolute Gasteiger partial charge is 0.289 e. The summed E-state index contributed by atoms with van der Waals surface area (Å²) in [5.74, 6) is 0.146. The van der Waals surface area contributed by atoms with E-state index < -0.39 is 0 Å². The van der Waals surface area contributed by atoms with Crippen LogP contribution in [0.25, 0.3) is 0 Å². The van der Waals surface area contributed by atoms with Crippen LogP contribution in [0.3, 0.4) is 0 Å². The Morgan fingerprint density at radius 3 is 2.75 bits per heavy atom. The summed E-state index contributed by atoms with van der Waals surface area (Å²) < 4.78 is 0. The topological polar surface area (TPSA) is 17.1 Å². The van der Waals surface area contributed by atoms with Crippen molar-refractivity contribution < 1.29 is 4.79 Å². The number of benzene rings is 1. The second-order valence-corrected chi connectivity index (χ2v) is 2.93. The SMILES string of the molecule is CC1=C[CH]c2ccccc2C1=O. The molecule has 1 aromatic rings. The third kappa shape index (κ3) is 0.981. The average molecular weight is 157 g/mol. The van der Waals surface area contributed by atoms with Crippen molar-refractivity contribution in [3.63, 3.8) is 0 Å². The van der Waals surface area contributed by atoms with Crippen LogP contribution in [0, 0.1) is 6.42 Å². The molecule has 2 rings (SSSR count). The van der Waals surface area contributed by atoms with Crippen LogP contribution >= 0.6 is 0 Å². The van der Waals surface area contributed by atoms with E-state index in [1.54, 1.807) is 0 Å². The Balaban J connectivity index is 2.57. The standard InChI is InChI=1S/C11H9O/c1-8-6-7-9-4-2-3-5-10(9)11(8)12/h2-7H,1H3. The van der Waals surface area contributed by atoms with Crippen LogP contribution in [-0.2, 0) is 0 Å². The van der Waals surface area contributed by atoms with Crippen LogP contribution in [0.2, 0.25) is 0 Å². The fraction of sp³-hybridized carbons (Fsp3) is 0.0909. The molecule has 0 unspecified atom stereocenters. The maximum Gasteiger partial charge on any atom is 0.188 e. The second kappa shape index (κ2) is 2.59. The normalized spacial score (nSPS) is 15.4. The molecule has 0 N–H and O–H groups in total. The van der Waals surface area contributed by atoms with Gasteiger partial charge in [0, 0.05) is 12.0 Å². The Morgan fingerprint density at radius 1 is 1.17 bits per heavy atom. The molecule has 59 valence electrons. The van der Waals surface area contributed by atoms with Crippen LogP contribution in [0.5, 0.6) is 0 Å². The Hall–Kier alpha value is -1.37. The van der Waals surface area contributed by atoms with Crippen molar-refractivity contribution in [2.75, 3.05) is 0 Å². The van der Waals surface area contributed by atoms with E-state index in [9.17, 15) is 4.79 Å². The minimum Gasteiger partial charge on any atom is -0.289 e. The van der Waals surface area contributed by atoms with Crippen LogP contribution in [-0.4, -0.2) is 5.78 Å². The van der Waals surface area contributed by atoms with Crippen molar-refractivity contribution in [2.24, 2.45) is 0 Å². The number of carbonyl (C=O) groups is 1. The van der Waals surface area contributed by atoms with E-state index in [0.29, 0.717) is 0 Å². The minimum absolute atomic E-state index is 0.146. The van der Waals surface area contributed by atoms with E-state index in [1.165, 1.54) is 0 Å². The minimum atomic E-state index is 0.146. The number of rotatable bonds is 0. The first kappa shape index (κ1) is 7.29. The van der Waals surface area contributed by atoms with E-state index in [2.05, 4.69) is 0 Å². The third-order valence-electron chi connectivity index (χ3n) is 2.08. The molecule has 0 heterocycles. The Morgan fingerprint density at radius 2 is 1.92 bits per heavy atom. The highest BCUT2D eigenvalue weighted by Gasteiger charge is 2.15. The highest BCUT2D eigenvalue weighted by molar-refractivity contribution is 6.11. The van der Waals surface area contributed by atoms with Gasteiger partial charge in [-0.3, -0.25) is 4.79 Å². The summed E-state index contributed by atoms with van der Waals surface area (Å²) in [6.45, 7) is 1.84. The molecule has 0 aromatic heterocycles. The van der Waals surface area contributed by atoms with Crippen molar-refractivity contribution in [1.82, 2.24) is 0 Å². The first-order valence-electron chi connectivity index (χ1n) is 3.94. The molecule has 12 heavy (non-hydrogen) atoms. The first-order chi connectivity index (χ1) is 5.79. The molecule has 0 atom stereocenters. The van der Waals surface area contributed by atoms with Crippen molar-refractivity contribution in [1.29, 1.82) is 0 Å². The molecule has 1 aliphatic carbocycles. The van der Waals surface area contributed by atoms with Gasteiger partial charge in [0.2, 0.25) is 0 Å². The number of allylic oxidation sites excluding steroid dienone is 2. The zero-order valence-electron chi connectivity index (χ0n) is 6.87. The second-order valence-electron chi connectivity index (χ2n) is 2.93. The number of ketones is 1. The molecule has 0 bridgehead atoms. The molecule has 1 aromatic carbocycles. The predicted octanol–water partition coefficient (Wildman–Crippen LogP) is 2.38. The van der Waals surface area contributed by atoms with Crippen LogP contribution in [0.15, 0.2) is 35.9 Å². The molecule has 0 saturated heterocycles. The molecule has 1 radical (unpaired) electrons. The molecular weight excluding hydrogens is 148 g/mol. The number of fused-ring (bicyclic) bond motifs is 1. The molecule has 1 nitrogen and oxygen atoms in total. The number of carbonyl (C=O) groups excluding carboxylic acids is 1. The van der Waals surface area contributed by atoms with Crippen molar-refractivity contribution in [2.45, 2.75) is 6.92 Å². The molecule has 0 amide bonds. The lowest BCUT2D eigenvalue weighted by molar-refractivity contribution is 0.103. The first-order valence-corrected chi connectivity index (χ1v) is 3.94. The lowest BCUT2D eigenvalue weighted by Gasteiger charge is -2.11. The number of hydrogen-bond donors (Lipinski definition) is 0. The molecule has 0 spiro atoms. The predicted molar refractivity (Wildman–Crippen MR) is 47.9 cm³/mol. The van der Waals surface area contributed by atoms with Gasteiger partial charge in [-0.1, -0.05) is 30.3 Å². The molecular formula is C11H9O. The van der Waals surface area contributed by atoms with Crippen molar-refractivity contribution in [3.05, 3.63) is 53.5 Å². The van der Waals surface area contributed by atoms with Gasteiger partial charge in [-0.05, 0) is 18.1 Å². The summed E-state index contributed by atoms with van der Waals surface area (Å²) in [5, 5.41) is 0. The molecule has 0 saturated carbocycles. The van der Waals surface area contributed by atoms with Crippen LogP contribution in [0.1, 0.15) is 22.8 Å². The third-order valence-corrected chi connectivity index (χ3v) is 2.08. The van der Waals surface area contributed by atoms with Gasteiger partial charge in [0.1, 0.15) is 0 Å². The van der Waals surface area contributed by atoms with Crippen LogP contribution < -0.4 is 0 Å². The zero-order valence-corrected chi connectivity index (χ0v) is 6.87. The average Bonchev–Trinajstić information content (AvgIpc) is 2.12. The van der Waals surface area contributed by atoms with Crippen molar-refractivity contribution in [3.8, 4) is 0 Å². The Kier molecular flexibility index (Phi) is 1.58. The summed E-state index contributed by atoms with van der Waals surface area (Å²) >= 11 is 0. The molecule has 0 fully saturated rings. The van der Waals surface area contributed by atoms with Gasteiger partial charge in [0.25, 0.3) is 0 Å². The quantitative estimate of drug-likeness (QED) is 0.565. The van der Waals surface area contributed by atoms with Gasteiger partial charge < -0.3 is 0 Å². The van der Waals surface area contributed by atoms with Gasteiger partial charge >= 0.3 is 0 Å². The maximum atomic E-state index is 11.5. The Bertz CT molecular complexity index is 361. The number of Topliss-reactive ketones (excluding diaryl/α,β-unsaturated/α-hetero) is 1. The summed E-state index contributed by atoms with van der Waals surface area (Å²) in [4.78, 5) is 11.5. The summed E-state index contributed by atoms with van der Waals surface area (Å²) in [6.07, 6.45) is 3.84. The van der Waals surface area contributed by atoms with Gasteiger partial charge in [-0.2, -0.15) is 0 Å². The van der Waals surface area contributed by atoms with E-state index in [0.717, 1.165) is 16.7 Å². The zero-order chi connectivity index (χ0) is 8.55. The lowest BCUT2D eigenvalue weighted by Crippen LogP contribution is -2.08. The van der Waals surface area contributed by atoms with E-state index >= 15 is 0 Å². The van der Waals surface area contributed by atoms with Gasteiger partial charge in [0.05, 0.1) is 0 Å². The maximum absolute atomic E-state index is 11.5. The smallest absolute Gasteiger partial charge is 0.188 e. The summed E-state index contributed by atoms with van der Waals surface area (Å²) in [7, 11) is 0. The van der Waals surface area contributed by atoms with E-state index in [4.69, 9.17) is 0 Å². The fourth-order valence-corrected chi connectivity index (χ4v) is 1.35. The molecule has 0 aliphatic heterocycles. The fourth-order valence-electron chi connectivity index (χ4n) is 1.35. The highest BCUT2D eigenvalue weighted by Crippen LogP contribution is 2.21. The highest BCUT2D eigenvalue weighted by atomic mass is 16.1. The van der Waals surface area contributed by atoms with E-state index in [1.807, 2.05) is 43.7 Å². The van der Waals surface area contributed by atoms with Crippen molar-refractivity contribution >= 4 is 5.78 Å². The van der Waals surface area contributed by atoms with Gasteiger partial charge in [0.15, 0.2) is 5.78 Å². The molecule has 1 heteroatoms. The molecule has 1 aliphatic rings. The van der Waals surface area contributed by atoms with Gasteiger partial charge in [-0.15, -0.1) is 0 Å². The lowest BCUT2D eigenvalue weighted by atomic mass is 9.91. The Labute approximate surface area is 71.7 Å².